The molecule has 0 aliphatic carbocycles. The minimum absolute atomic E-state index is 0.0741. The molecule has 2 aliphatic rings. The van der Waals surface area contributed by atoms with E-state index in [4.69, 9.17) is 9.84 Å². The lowest BCUT2D eigenvalue weighted by atomic mass is 10.0. The highest BCUT2D eigenvalue weighted by Gasteiger charge is 2.33. The summed E-state index contributed by atoms with van der Waals surface area (Å²) in [4.78, 5) is 11.7. The molecule has 6 nitrogen and oxygen atoms in total. The zero-order chi connectivity index (χ0) is 15.6. The summed E-state index contributed by atoms with van der Waals surface area (Å²) < 4.78 is 5.50. The van der Waals surface area contributed by atoms with E-state index in [1.165, 1.54) is 12.8 Å². The number of rotatable bonds is 5. The van der Waals surface area contributed by atoms with Gasteiger partial charge in [0.05, 0.1) is 18.9 Å². The Kier molecular flexibility index (Phi) is 4.49. The molecule has 2 fully saturated rings. The van der Waals surface area contributed by atoms with Crippen LogP contribution in [-0.2, 0) is 4.74 Å². The van der Waals surface area contributed by atoms with Crippen molar-refractivity contribution in [3.05, 3.63) is 11.8 Å². The number of nitrogens with zero attached hydrogens (tertiary/aromatic N) is 3. The van der Waals surface area contributed by atoms with Crippen molar-refractivity contribution in [1.29, 1.82) is 0 Å². The Labute approximate surface area is 131 Å². The second-order valence-corrected chi connectivity index (χ2v) is 6.75. The summed E-state index contributed by atoms with van der Waals surface area (Å²) >= 11 is 0. The third kappa shape index (κ3) is 3.17. The maximum atomic E-state index is 9.02. The number of aromatic nitrogens is 2. The maximum absolute atomic E-state index is 9.02. The number of nitrogens with one attached hydrogen (secondary N) is 1. The summed E-state index contributed by atoms with van der Waals surface area (Å²) in [5.74, 6) is 1.94. The zero-order valence-electron chi connectivity index (χ0n) is 13.5. The molecule has 1 aromatic heterocycles. The molecule has 1 unspecified atom stereocenters. The molecule has 6 heteroatoms. The van der Waals surface area contributed by atoms with E-state index in [1.54, 1.807) is 0 Å². The number of anilines is 2. The molecular weight excluding hydrogens is 280 g/mol. The van der Waals surface area contributed by atoms with Gasteiger partial charge in [-0.1, -0.05) is 0 Å². The van der Waals surface area contributed by atoms with Crippen LogP contribution in [0.3, 0.4) is 0 Å². The third-order valence-corrected chi connectivity index (χ3v) is 4.65. The standard InChI is InChI=1S/C16H26N4O2/c1-16(2)5-3-7-20(16)14-10-13(12-4-9-22-11-12)18-15(19-14)17-6-8-21/h10,12,21H,3-9,11H2,1-2H3,(H,17,18,19). The van der Waals surface area contributed by atoms with Crippen LogP contribution in [0, 0.1) is 0 Å². The molecule has 2 aliphatic heterocycles. The molecule has 3 rings (SSSR count). The quantitative estimate of drug-likeness (QED) is 0.864. The summed E-state index contributed by atoms with van der Waals surface area (Å²) in [6.07, 6.45) is 3.38. The average molecular weight is 306 g/mol. The lowest BCUT2D eigenvalue weighted by molar-refractivity contribution is 0.193. The molecule has 0 radical (unpaired) electrons. The molecule has 2 N–H and O–H groups in total. The van der Waals surface area contributed by atoms with Crippen LogP contribution >= 0.6 is 0 Å². The van der Waals surface area contributed by atoms with E-state index in [2.05, 4.69) is 40.1 Å². The molecule has 2 saturated heterocycles. The Bertz CT molecular complexity index is 515. The van der Waals surface area contributed by atoms with Crippen LogP contribution in [0.5, 0.6) is 0 Å². The molecule has 0 aromatic carbocycles. The predicted octanol–water partition coefficient (Wildman–Crippen LogP) is 1.76. The lowest BCUT2D eigenvalue weighted by Gasteiger charge is -2.33. The van der Waals surface area contributed by atoms with Gasteiger partial charge in [0.2, 0.25) is 5.95 Å². The van der Waals surface area contributed by atoms with Gasteiger partial charge < -0.3 is 20.1 Å². The van der Waals surface area contributed by atoms with Gasteiger partial charge in [0, 0.05) is 37.2 Å². The second kappa shape index (κ2) is 6.38. The fraction of sp³-hybridized carbons (Fsp3) is 0.750. The highest BCUT2D eigenvalue weighted by molar-refractivity contribution is 5.49. The molecule has 0 spiro atoms. The molecule has 122 valence electrons. The Balaban J connectivity index is 1.91. The first-order valence-corrected chi connectivity index (χ1v) is 8.19. The van der Waals surface area contributed by atoms with Crippen LogP contribution in [-0.4, -0.2) is 53.5 Å². The largest absolute Gasteiger partial charge is 0.395 e. The topological polar surface area (TPSA) is 70.5 Å². The van der Waals surface area contributed by atoms with E-state index in [0.29, 0.717) is 18.4 Å². The fourth-order valence-corrected chi connectivity index (χ4v) is 3.35. The van der Waals surface area contributed by atoms with Crippen LogP contribution < -0.4 is 10.2 Å². The van der Waals surface area contributed by atoms with E-state index in [1.807, 2.05) is 0 Å². The van der Waals surface area contributed by atoms with Crippen LogP contribution in [0.2, 0.25) is 0 Å². The van der Waals surface area contributed by atoms with Crippen molar-refractivity contribution in [3.8, 4) is 0 Å². The molecule has 0 amide bonds. The van der Waals surface area contributed by atoms with Crippen molar-refractivity contribution in [2.45, 2.75) is 44.6 Å². The smallest absolute Gasteiger partial charge is 0.224 e. The fourth-order valence-electron chi connectivity index (χ4n) is 3.35. The molecule has 22 heavy (non-hydrogen) atoms. The first-order chi connectivity index (χ1) is 10.6. The van der Waals surface area contributed by atoms with E-state index in [9.17, 15) is 0 Å². The maximum Gasteiger partial charge on any atom is 0.224 e. The van der Waals surface area contributed by atoms with Crippen LogP contribution in [0.15, 0.2) is 6.07 Å². The highest BCUT2D eigenvalue weighted by atomic mass is 16.5. The van der Waals surface area contributed by atoms with Gasteiger partial charge in [0.15, 0.2) is 0 Å². The average Bonchev–Trinajstić information content (AvgIpc) is 3.14. The third-order valence-electron chi connectivity index (χ3n) is 4.65. The molecule has 3 heterocycles. The zero-order valence-corrected chi connectivity index (χ0v) is 13.5. The minimum atomic E-state index is 0.0741. The van der Waals surface area contributed by atoms with Crippen LogP contribution in [0.4, 0.5) is 11.8 Å². The van der Waals surface area contributed by atoms with Gasteiger partial charge in [-0.3, -0.25) is 0 Å². The van der Waals surface area contributed by atoms with Crippen LogP contribution in [0.25, 0.3) is 0 Å². The molecule has 0 bridgehead atoms. The van der Waals surface area contributed by atoms with Gasteiger partial charge in [-0.15, -0.1) is 0 Å². The van der Waals surface area contributed by atoms with Crippen LogP contribution in [0.1, 0.15) is 44.7 Å². The second-order valence-electron chi connectivity index (χ2n) is 6.75. The summed E-state index contributed by atoms with van der Waals surface area (Å²) in [5, 5.41) is 12.1. The SMILES string of the molecule is CC1(C)CCCN1c1cc(C2CCOC2)nc(NCCO)n1. The molecule has 1 aromatic rings. The Morgan fingerprint density at radius 3 is 2.95 bits per heavy atom. The number of hydrogen-bond acceptors (Lipinski definition) is 6. The van der Waals surface area contributed by atoms with Crippen molar-refractivity contribution in [3.63, 3.8) is 0 Å². The van der Waals surface area contributed by atoms with Gasteiger partial charge >= 0.3 is 0 Å². The number of ether oxygens (including phenoxy) is 1. The minimum Gasteiger partial charge on any atom is -0.395 e. The lowest BCUT2D eigenvalue weighted by Crippen LogP contribution is -2.39. The number of aliphatic hydroxyl groups is 1. The Hall–Kier alpha value is -1.40. The summed E-state index contributed by atoms with van der Waals surface area (Å²) in [6, 6.07) is 2.12. The normalized spacial score (nSPS) is 24.0. The van der Waals surface area contributed by atoms with Gasteiger partial charge in [-0.05, 0) is 33.1 Å². The summed E-state index contributed by atoms with van der Waals surface area (Å²) in [7, 11) is 0. The first-order valence-electron chi connectivity index (χ1n) is 8.19. The predicted molar refractivity (Wildman–Crippen MR) is 86.4 cm³/mol. The summed E-state index contributed by atoms with van der Waals surface area (Å²) in [5.41, 5.74) is 1.18. The Morgan fingerprint density at radius 2 is 2.32 bits per heavy atom. The van der Waals surface area contributed by atoms with Gasteiger partial charge in [0.1, 0.15) is 5.82 Å². The van der Waals surface area contributed by atoms with Crippen molar-refractivity contribution >= 4 is 11.8 Å². The van der Waals surface area contributed by atoms with E-state index in [0.717, 1.165) is 37.7 Å². The van der Waals surface area contributed by atoms with Gasteiger partial charge in [0.25, 0.3) is 0 Å². The van der Waals surface area contributed by atoms with Crippen molar-refractivity contribution in [2.75, 3.05) is 43.1 Å². The van der Waals surface area contributed by atoms with Gasteiger partial charge in [-0.2, -0.15) is 4.98 Å². The van der Waals surface area contributed by atoms with E-state index in [-0.39, 0.29) is 12.1 Å². The van der Waals surface area contributed by atoms with E-state index >= 15 is 0 Å². The highest BCUT2D eigenvalue weighted by Crippen LogP contribution is 2.35. The van der Waals surface area contributed by atoms with E-state index < -0.39 is 0 Å². The van der Waals surface area contributed by atoms with Crippen molar-refractivity contribution < 1.29 is 9.84 Å². The number of aliphatic hydroxyl groups excluding tert-OH is 1. The monoisotopic (exact) mass is 306 g/mol. The van der Waals surface area contributed by atoms with Crippen molar-refractivity contribution in [1.82, 2.24) is 9.97 Å². The van der Waals surface area contributed by atoms with Crippen molar-refractivity contribution in [2.24, 2.45) is 0 Å². The molecule has 1 atom stereocenters. The number of hydrogen-bond donors (Lipinski definition) is 2. The summed E-state index contributed by atoms with van der Waals surface area (Å²) in [6.45, 7) is 7.64. The first kappa shape index (κ1) is 15.5. The molecule has 0 saturated carbocycles. The Morgan fingerprint density at radius 1 is 1.45 bits per heavy atom. The van der Waals surface area contributed by atoms with Gasteiger partial charge in [-0.25, -0.2) is 4.98 Å². The molecular formula is C16H26N4O2.